The molecule has 0 atom stereocenters. The fourth-order valence-corrected chi connectivity index (χ4v) is 1.15. The van der Waals surface area contributed by atoms with Gasteiger partial charge >= 0.3 is 0 Å². The molecular weight excluding hydrogens is 178 g/mol. The van der Waals surface area contributed by atoms with E-state index in [1.165, 1.54) is 7.11 Å². The number of hydrogen-bond donors (Lipinski definition) is 2. The van der Waals surface area contributed by atoms with E-state index in [9.17, 15) is 5.11 Å². The summed E-state index contributed by atoms with van der Waals surface area (Å²) in [6.45, 7) is 0.612. The summed E-state index contributed by atoms with van der Waals surface area (Å²) < 4.78 is 4.98. The first-order chi connectivity index (χ1) is 6.79. The van der Waals surface area contributed by atoms with Crippen molar-refractivity contribution >= 4 is 6.08 Å². The molecule has 0 unspecified atom stereocenters. The number of benzene rings is 1. The lowest BCUT2D eigenvalue weighted by Gasteiger charge is -2.04. The van der Waals surface area contributed by atoms with E-state index in [1.54, 1.807) is 6.07 Å². The van der Waals surface area contributed by atoms with E-state index >= 15 is 0 Å². The standard InChI is InChI=1S/C11H15NO2/c1-14-10-7-4-6-9(11(10)13)5-2-3-8-12/h2,4-7,13H,3,8,12H2,1H3. The lowest BCUT2D eigenvalue weighted by Crippen LogP contribution is -1.95. The van der Waals surface area contributed by atoms with E-state index < -0.39 is 0 Å². The fraction of sp³-hybridized carbons (Fsp3) is 0.273. The molecule has 0 aromatic heterocycles. The van der Waals surface area contributed by atoms with Crippen LogP contribution in [-0.4, -0.2) is 18.8 Å². The average Bonchev–Trinajstić information content (AvgIpc) is 2.21. The highest BCUT2D eigenvalue weighted by Crippen LogP contribution is 2.30. The van der Waals surface area contributed by atoms with Gasteiger partial charge in [-0.15, -0.1) is 0 Å². The first kappa shape index (κ1) is 10.6. The molecule has 1 aromatic rings. The van der Waals surface area contributed by atoms with Crippen molar-refractivity contribution in [1.82, 2.24) is 0 Å². The number of para-hydroxylation sites is 1. The molecule has 1 rings (SSSR count). The van der Waals surface area contributed by atoms with Crippen LogP contribution in [0.3, 0.4) is 0 Å². The van der Waals surface area contributed by atoms with Crippen LogP contribution in [0.5, 0.6) is 11.5 Å². The average molecular weight is 193 g/mol. The largest absolute Gasteiger partial charge is 0.504 e. The quantitative estimate of drug-likeness (QED) is 0.766. The predicted octanol–water partition coefficient (Wildman–Crippen LogP) is 1.76. The number of hydrogen-bond acceptors (Lipinski definition) is 3. The maximum absolute atomic E-state index is 9.68. The van der Waals surface area contributed by atoms with Gasteiger partial charge in [-0.2, -0.15) is 0 Å². The molecule has 0 aliphatic rings. The molecule has 0 saturated carbocycles. The van der Waals surface area contributed by atoms with Crippen molar-refractivity contribution in [2.24, 2.45) is 5.73 Å². The van der Waals surface area contributed by atoms with E-state index in [0.717, 1.165) is 12.0 Å². The van der Waals surface area contributed by atoms with Crippen LogP contribution in [0.25, 0.3) is 6.08 Å². The van der Waals surface area contributed by atoms with Crippen molar-refractivity contribution in [1.29, 1.82) is 0 Å². The molecule has 14 heavy (non-hydrogen) atoms. The van der Waals surface area contributed by atoms with Gasteiger partial charge in [-0.1, -0.05) is 24.3 Å². The predicted molar refractivity (Wildman–Crippen MR) is 57.4 cm³/mol. The van der Waals surface area contributed by atoms with Crippen LogP contribution >= 0.6 is 0 Å². The monoisotopic (exact) mass is 193 g/mol. The van der Waals surface area contributed by atoms with Crippen molar-refractivity contribution in [3.63, 3.8) is 0 Å². The lowest BCUT2D eigenvalue weighted by molar-refractivity contribution is 0.373. The van der Waals surface area contributed by atoms with Crippen molar-refractivity contribution in [3.05, 3.63) is 29.8 Å². The highest BCUT2D eigenvalue weighted by Gasteiger charge is 2.03. The molecule has 0 heterocycles. The first-order valence-corrected chi connectivity index (χ1v) is 4.52. The topological polar surface area (TPSA) is 55.5 Å². The van der Waals surface area contributed by atoms with Gasteiger partial charge in [0.2, 0.25) is 0 Å². The van der Waals surface area contributed by atoms with Crippen LogP contribution in [0.2, 0.25) is 0 Å². The number of nitrogens with two attached hydrogens (primary N) is 1. The van der Waals surface area contributed by atoms with Gasteiger partial charge in [0.1, 0.15) is 0 Å². The molecule has 0 aliphatic heterocycles. The van der Waals surface area contributed by atoms with Gasteiger partial charge in [0.25, 0.3) is 0 Å². The van der Waals surface area contributed by atoms with Crippen LogP contribution in [0.15, 0.2) is 24.3 Å². The van der Waals surface area contributed by atoms with Crippen LogP contribution in [0.1, 0.15) is 12.0 Å². The molecule has 3 heteroatoms. The summed E-state index contributed by atoms with van der Waals surface area (Å²) in [5.74, 6) is 0.656. The van der Waals surface area contributed by atoms with E-state index in [2.05, 4.69) is 0 Å². The third-order valence-corrected chi connectivity index (χ3v) is 1.88. The second-order valence-corrected chi connectivity index (χ2v) is 2.88. The number of phenols is 1. The van der Waals surface area contributed by atoms with Crippen molar-refractivity contribution < 1.29 is 9.84 Å². The lowest BCUT2D eigenvalue weighted by atomic mass is 10.1. The highest BCUT2D eigenvalue weighted by atomic mass is 16.5. The Morgan fingerprint density at radius 3 is 2.93 bits per heavy atom. The van der Waals surface area contributed by atoms with Crippen LogP contribution in [0.4, 0.5) is 0 Å². The first-order valence-electron chi connectivity index (χ1n) is 4.52. The Bertz CT molecular complexity index is 321. The summed E-state index contributed by atoms with van der Waals surface area (Å²) in [7, 11) is 1.53. The number of aromatic hydroxyl groups is 1. The minimum atomic E-state index is 0.170. The minimum Gasteiger partial charge on any atom is -0.504 e. The molecule has 0 saturated heterocycles. The summed E-state index contributed by atoms with van der Waals surface area (Å²) in [6.07, 6.45) is 4.57. The van der Waals surface area contributed by atoms with Gasteiger partial charge in [-0.25, -0.2) is 0 Å². The number of ether oxygens (including phenoxy) is 1. The summed E-state index contributed by atoms with van der Waals surface area (Å²) in [5, 5.41) is 9.68. The Balaban J connectivity index is 2.86. The van der Waals surface area contributed by atoms with Crippen LogP contribution in [0, 0.1) is 0 Å². The van der Waals surface area contributed by atoms with Gasteiger partial charge in [-0.05, 0) is 19.0 Å². The Kier molecular flexibility index (Phi) is 4.01. The minimum absolute atomic E-state index is 0.170. The molecule has 0 fully saturated rings. The molecule has 0 spiro atoms. The Morgan fingerprint density at radius 1 is 1.50 bits per heavy atom. The normalized spacial score (nSPS) is 10.7. The maximum atomic E-state index is 9.68. The smallest absolute Gasteiger partial charge is 0.165 e. The van der Waals surface area contributed by atoms with Gasteiger partial charge < -0.3 is 15.6 Å². The molecule has 0 aliphatic carbocycles. The maximum Gasteiger partial charge on any atom is 0.165 e. The number of methoxy groups -OCH3 is 1. The number of rotatable bonds is 4. The van der Waals surface area contributed by atoms with Gasteiger partial charge in [0.05, 0.1) is 7.11 Å². The number of phenolic OH excluding ortho intramolecular Hbond substituents is 1. The molecule has 3 N–H and O–H groups in total. The van der Waals surface area contributed by atoms with Crippen LogP contribution < -0.4 is 10.5 Å². The zero-order valence-electron chi connectivity index (χ0n) is 8.23. The highest BCUT2D eigenvalue weighted by molar-refractivity contribution is 5.61. The molecule has 0 radical (unpaired) electrons. The van der Waals surface area contributed by atoms with E-state index in [1.807, 2.05) is 24.3 Å². The van der Waals surface area contributed by atoms with Gasteiger partial charge in [0, 0.05) is 5.56 Å². The molecule has 0 bridgehead atoms. The second kappa shape index (κ2) is 5.29. The van der Waals surface area contributed by atoms with Crippen molar-refractivity contribution in [2.75, 3.05) is 13.7 Å². The zero-order chi connectivity index (χ0) is 10.4. The van der Waals surface area contributed by atoms with Crippen molar-refractivity contribution in [3.8, 4) is 11.5 Å². The summed E-state index contributed by atoms with van der Waals surface area (Å²) in [6, 6.07) is 5.38. The summed E-state index contributed by atoms with van der Waals surface area (Å²) >= 11 is 0. The SMILES string of the molecule is COc1cccc(C=CCCN)c1O. The molecule has 0 amide bonds. The van der Waals surface area contributed by atoms with Gasteiger partial charge in [-0.3, -0.25) is 0 Å². The van der Waals surface area contributed by atoms with Crippen molar-refractivity contribution in [2.45, 2.75) is 6.42 Å². The molecular formula is C11H15NO2. The molecule has 76 valence electrons. The van der Waals surface area contributed by atoms with Crippen LogP contribution in [-0.2, 0) is 0 Å². The third-order valence-electron chi connectivity index (χ3n) is 1.88. The molecule has 1 aromatic carbocycles. The second-order valence-electron chi connectivity index (χ2n) is 2.88. The van der Waals surface area contributed by atoms with E-state index in [4.69, 9.17) is 10.5 Å². The van der Waals surface area contributed by atoms with E-state index in [0.29, 0.717) is 12.3 Å². The van der Waals surface area contributed by atoms with E-state index in [-0.39, 0.29) is 5.75 Å². The zero-order valence-corrected chi connectivity index (χ0v) is 8.23. The Hall–Kier alpha value is -1.48. The molecule has 3 nitrogen and oxygen atoms in total. The fourth-order valence-electron chi connectivity index (χ4n) is 1.15. The Morgan fingerprint density at radius 2 is 2.29 bits per heavy atom. The Labute approximate surface area is 83.8 Å². The van der Waals surface area contributed by atoms with Gasteiger partial charge in [0.15, 0.2) is 11.5 Å². The summed E-state index contributed by atoms with van der Waals surface area (Å²) in [5.41, 5.74) is 6.10. The summed E-state index contributed by atoms with van der Waals surface area (Å²) in [4.78, 5) is 0. The third kappa shape index (κ3) is 2.50.